The van der Waals surface area contributed by atoms with E-state index in [0.717, 1.165) is 12.1 Å². The Hall–Kier alpha value is -3.60. The lowest BCUT2D eigenvalue weighted by molar-refractivity contribution is -0.137. The number of nitrogens with zero attached hydrogens (tertiary/aromatic N) is 6. The Labute approximate surface area is 181 Å². The maximum absolute atomic E-state index is 12.8. The van der Waals surface area contributed by atoms with Crippen molar-refractivity contribution in [3.8, 4) is 11.3 Å². The second kappa shape index (κ2) is 8.87. The normalized spacial score (nSPS) is 18.7. The van der Waals surface area contributed by atoms with E-state index in [9.17, 15) is 18.0 Å². The zero-order valence-corrected chi connectivity index (χ0v) is 16.8. The van der Waals surface area contributed by atoms with Gasteiger partial charge in [0.25, 0.3) is 0 Å². The van der Waals surface area contributed by atoms with E-state index in [1.165, 1.54) is 24.5 Å². The first-order valence-electron chi connectivity index (χ1n) is 9.71. The van der Waals surface area contributed by atoms with E-state index in [1.54, 1.807) is 28.2 Å². The van der Waals surface area contributed by atoms with Gasteiger partial charge in [-0.3, -0.25) is 4.79 Å². The van der Waals surface area contributed by atoms with Crippen molar-refractivity contribution in [2.45, 2.75) is 24.9 Å². The van der Waals surface area contributed by atoms with Gasteiger partial charge in [0, 0.05) is 31.0 Å². The van der Waals surface area contributed by atoms with E-state index in [4.69, 9.17) is 4.74 Å². The fourth-order valence-electron chi connectivity index (χ4n) is 3.48. The van der Waals surface area contributed by atoms with Gasteiger partial charge in [0.1, 0.15) is 12.0 Å². The molecule has 1 aliphatic heterocycles. The number of hydrogen-bond acceptors (Lipinski definition) is 6. The number of benzene rings is 1. The number of halogens is 3. The molecule has 0 N–H and O–H groups in total. The summed E-state index contributed by atoms with van der Waals surface area (Å²) >= 11 is 0. The highest BCUT2D eigenvalue weighted by atomic mass is 19.4. The number of aromatic nitrogens is 5. The highest BCUT2D eigenvalue weighted by molar-refractivity contribution is 5.87. The van der Waals surface area contributed by atoms with Gasteiger partial charge in [-0.25, -0.2) is 14.6 Å². The molecule has 8 nitrogen and oxygen atoms in total. The first-order valence-corrected chi connectivity index (χ1v) is 9.71. The number of alkyl halides is 3. The molecule has 1 aromatic carbocycles. The molecule has 3 heterocycles. The van der Waals surface area contributed by atoms with Gasteiger partial charge in [0.05, 0.1) is 30.5 Å². The summed E-state index contributed by atoms with van der Waals surface area (Å²) in [7, 11) is 0. The average molecular weight is 444 g/mol. The van der Waals surface area contributed by atoms with Crippen molar-refractivity contribution in [2.75, 3.05) is 13.1 Å². The van der Waals surface area contributed by atoms with Gasteiger partial charge in [-0.05, 0) is 23.8 Å². The van der Waals surface area contributed by atoms with Crippen molar-refractivity contribution < 1.29 is 22.7 Å². The molecule has 2 aromatic heterocycles. The number of ether oxygens (including phenoxy) is 1. The number of rotatable bonds is 6. The molecule has 1 aliphatic rings. The average Bonchev–Trinajstić information content (AvgIpc) is 3.45. The topological polar surface area (TPSA) is 86.0 Å². The molecular weight excluding hydrogens is 425 g/mol. The van der Waals surface area contributed by atoms with Gasteiger partial charge in [0.2, 0.25) is 5.91 Å². The summed E-state index contributed by atoms with van der Waals surface area (Å²) in [6.07, 6.45) is 2.75. The van der Waals surface area contributed by atoms with Crippen LogP contribution in [0.1, 0.15) is 17.2 Å². The molecule has 166 valence electrons. The number of likely N-dealkylation sites (tertiary alicyclic amines) is 1. The zero-order chi connectivity index (χ0) is 22.7. The Morgan fingerprint density at radius 3 is 2.56 bits per heavy atom. The maximum Gasteiger partial charge on any atom is 0.416 e. The second-order valence-electron chi connectivity index (χ2n) is 7.27. The summed E-state index contributed by atoms with van der Waals surface area (Å²) < 4.78 is 45.9. The highest BCUT2D eigenvalue weighted by Crippen LogP contribution is 2.30. The summed E-state index contributed by atoms with van der Waals surface area (Å²) in [5.41, 5.74) is 1.13. The molecule has 0 radical (unpaired) electrons. The van der Waals surface area contributed by atoms with Crippen molar-refractivity contribution in [1.29, 1.82) is 0 Å². The molecule has 0 unspecified atom stereocenters. The van der Waals surface area contributed by atoms with Crippen LogP contribution in [0.3, 0.4) is 0 Å². The Morgan fingerprint density at radius 1 is 1.19 bits per heavy atom. The van der Waals surface area contributed by atoms with E-state index in [2.05, 4.69) is 26.9 Å². The summed E-state index contributed by atoms with van der Waals surface area (Å²) in [5, 5.41) is 8.33. The molecule has 4 rings (SSSR count). The first-order chi connectivity index (χ1) is 15.3. The summed E-state index contributed by atoms with van der Waals surface area (Å²) in [6.45, 7) is 4.23. The van der Waals surface area contributed by atoms with E-state index < -0.39 is 17.8 Å². The minimum absolute atomic E-state index is 0.0868. The summed E-state index contributed by atoms with van der Waals surface area (Å²) in [4.78, 5) is 21.7. The molecule has 11 heteroatoms. The Balaban J connectivity index is 1.50. The largest absolute Gasteiger partial charge is 0.416 e. The Morgan fingerprint density at radius 2 is 1.91 bits per heavy atom. The molecule has 0 aliphatic carbocycles. The lowest BCUT2D eigenvalue weighted by Gasteiger charge is -2.19. The molecule has 2 atom stereocenters. The third kappa shape index (κ3) is 4.67. The monoisotopic (exact) mass is 444 g/mol. The van der Waals surface area contributed by atoms with Gasteiger partial charge in [-0.2, -0.15) is 13.2 Å². The fourth-order valence-corrected chi connectivity index (χ4v) is 3.48. The van der Waals surface area contributed by atoms with Gasteiger partial charge in [-0.1, -0.05) is 23.9 Å². The zero-order valence-electron chi connectivity index (χ0n) is 16.8. The maximum atomic E-state index is 12.8. The standard InChI is InChI=1S/C21H19F3N6O2/c1-2-20(31)29-10-18(30-9-17(27-28-30)15-7-25-13-26-8-15)19(11-29)32-12-14-3-5-16(6-4-14)21(22,23)24/h2-9,13,18-19H,1,10-12H2/t18-,19-/m1/s1. The molecule has 0 saturated carbocycles. The molecule has 1 amide bonds. The lowest BCUT2D eigenvalue weighted by Crippen LogP contribution is -2.28. The fraction of sp³-hybridized carbons (Fsp3) is 0.286. The number of carbonyl (C=O) groups is 1. The van der Waals surface area contributed by atoms with Crippen molar-refractivity contribution >= 4 is 5.91 Å². The van der Waals surface area contributed by atoms with Gasteiger partial charge in [-0.15, -0.1) is 5.10 Å². The van der Waals surface area contributed by atoms with Crippen molar-refractivity contribution in [1.82, 2.24) is 29.9 Å². The number of carbonyl (C=O) groups excluding carboxylic acids is 1. The highest BCUT2D eigenvalue weighted by Gasteiger charge is 2.37. The van der Waals surface area contributed by atoms with E-state index in [0.29, 0.717) is 29.9 Å². The number of amides is 1. The van der Waals surface area contributed by atoms with Crippen molar-refractivity contribution in [2.24, 2.45) is 0 Å². The van der Waals surface area contributed by atoms with Crippen LogP contribution in [0.4, 0.5) is 13.2 Å². The molecular formula is C21H19F3N6O2. The summed E-state index contributed by atoms with van der Waals surface area (Å²) in [5.74, 6) is -0.243. The molecule has 1 fully saturated rings. The molecule has 0 spiro atoms. The third-order valence-corrected chi connectivity index (χ3v) is 5.17. The molecule has 0 bridgehead atoms. The Kier molecular flexibility index (Phi) is 5.99. The van der Waals surface area contributed by atoms with Crippen LogP contribution in [0.2, 0.25) is 0 Å². The van der Waals surface area contributed by atoms with Gasteiger partial charge >= 0.3 is 6.18 Å². The molecule has 32 heavy (non-hydrogen) atoms. The second-order valence-corrected chi connectivity index (χ2v) is 7.27. The predicted octanol–water partition coefficient (Wildman–Crippen LogP) is 2.91. The van der Waals surface area contributed by atoms with E-state index in [-0.39, 0.29) is 18.6 Å². The van der Waals surface area contributed by atoms with E-state index >= 15 is 0 Å². The van der Waals surface area contributed by atoms with Crippen LogP contribution < -0.4 is 0 Å². The predicted molar refractivity (Wildman–Crippen MR) is 107 cm³/mol. The van der Waals surface area contributed by atoms with Crippen molar-refractivity contribution in [3.63, 3.8) is 0 Å². The van der Waals surface area contributed by atoms with Crippen LogP contribution in [0, 0.1) is 0 Å². The first kappa shape index (κ1) is 21.6. The Bertz CT molecular complexity index is 1080. The van der Waals surface area contributed by atoms with Gasteiger partial charge < -0.3 is 9.64 Å². The van der Waals surface area contributed by atoms with Crippen LogP contribution in [0.5, 0.6) is 0 Å². The van der Waals surface area contributed by atoms with Crippen LogP contribution >= 0.6 is 0 Å². The van der Waals surface area contributed by atoms with Gasteiger partial charge in [0.15, 0.2) is 0 Å². The number of hydrogen-bond donors (Lipinski definition) is 0. The van der Waals surface area contributed by atoms with Crippen LogP contribution in [-0.2, 0) is 22.3 Å². The van der Waals surface area contributed by atoms with Crippen LogP contribution in [0.25, 0.3) is 11.3 Å². The molecule has 3 aromatic rings. The van der Waals surface area contributed by atoms with E-state index in [1.807, 2.05) is 0 Å². The lowest BCUT2D eigenvalue weighted by atomic mass is 10.1. The smallest absolute Gasteiger partial charge is 0.369 e. The van der Waals surface area contributed by atoms with Crippen LogP contribution in [-0.4, -0.2) is 55.0 Å². The quantitative estimate of drug-likeness (QED) is 0.544. The van der Waals surface area contributed by atoms with Crippen LogP contribution in [0.15, 0.2) is 61.8 Å². The van der Waals surface area contributed by atoms with Crippen molar-refractivity contribution in [3.05, 3.63) is 73.0 Å². The third-order valence-electron chi connectivity index (χ3n) is 5.17. The summed E-state index contributed by atoms with van der Waals surface area (Å²) in [6, 6.07) is 4.46. The minimum atomic E-state index is -4.39. The SMILES string of the molecule is C=CC(=O)N1C[C@@H](n2cc(-c3cncnc3)nn2)[C@H](OCc2ccc(C(F)(F)F)cc2)C1. The molecule has 1 saturated heterocycles. The minimum Gasteiger partial charge on any atom is -0.369 e.